The average molecular weight is 276 g/mol. The van der Waals surface area contributed by atoms with Gasteiger partial charge in [-0.25, -0.2) is 9.18 Å². The zero-order chi connectivity index (χ0) is 14.7. The summed E-state index contributed by atoms with van der Waals surface area (Å²) in [5.74, 6) is -0.904. The van der Waals surface area contributed by atoms with Gasteiger partial charge in [0.15, 0.2) is 0 Å². The number of anilines is 1. The zero-order valence-electron chi connectivity index (χ0n) is 11.8. The highest BCUT2D eigenvalue weighted by atomic mass is 19.1. The molecule has 0 unspecified atom stereocenters. The lowest BCUT2D eigenvalue weighted by Crippen LogP contribution is -2.11. The van der Waals surface area contributed by atoms with Gasteiger partial charge in [-0.15, -0.1) is 0 Å². The summed E-state index contributed by atoms with van der Waals surface area (Å²) in [5, 5.41) is 3.38. The molecule has 0 atom stereocenters. The zero-order valence-corrected chi connectivity index (χ0v) is 11.8. The number of hydrogen-bond donors (Lipinski definition) is 1. The summed E-state index contributed by atoms with van der Waals surface area (Å²) in [6, 6.07) is 3.06. The SMILES string of the molecule is CCNc1c(C(=O)OCC)cnc2c(C)ccc(F)c12. The van der Waals surface area contributed by atoms with Gasteiger partial charge in [-0.3, -0.25) is 4.98 Å². The van der Waals surface area contributed by atoms with Gasteiger partial charge >= 0.3 is 5.97 Å². The van der Waals surface area contributed by atoms with Crippen LogP contribution >= 0.6 is 0 Å². The van der Waals surface area contributed by atoms with E-state index in [2.05, 4.69) is 10.3 Å². The van der Waals surface area contributed by atoms with E-state index < -0.39 is 11.8 Å². The lowest BCUT2D eigenvalue weighted by Gasteiger charge is -2.14. The number of hydrogen-bond acceptors (Lipinski definition) is 4. The number of fused-ring (bicyclic) bond motifs is 1. The van der Waals surface area contributed by atoms with Gasteiger partial charge in [-0.1, -0.05) is 6.07 Å². The summed E-state index contributed by atoms with van der Waals surface area (Å²) in [6.45, 7) is 6.30. The molecule has 4 nitrogen and oxygen atoms in total. The second kappa shape index (κ2) is 5.86. The molecule has 1 heterocycles. The molecule has 0 aliphatic carbocycles. The van der Waals surface area contributed by atoms with Crippen molar-refractivity contribution in [2.24, 2.45) is 0 Å². The summed E-state index contributed by atoms with van der Waals surface area (Å²) in [6.07, 6.45) is 1.44. The molecule has 1 aromatic carbocycles. The Bertz CT molecular complexity index is 656. The highest BCUT2D eigenvalue weighted by Crippen LogP contribution is 2.30. The van der Waals surface area contributed by atoms with E-state index in [0.29, 0.717) is 23.1 Å². The number of halogens is 1. The van der Waals surface area contributed by atoms with E-state index in [4.69, 9.17) is 4.74 Å². The van der Waals surface area contributed by atoms with Gasteiger partial charge in [-0.2, -0.15) is 0 Å². The number of aryl methyl sites for hydroxylation is 1. The Labute approximate surface area is 117 Å². The first-order chi connectivity index (χ1) is 9.60. The number of nitrogens with zero attached hydrogens (tertiary/aromatic N) is 1. The van der Waals surface area contributed by atoms with Gasteiger partial charge in [0.25, 0.3) is 0 Å². The predicted molar refractivity (Wildman–Crippen MR) is 76.6 cm³/mol. The summed E-state index contributed by atoms with van der Waals surface area (Å²) >= 11 is 0. The molecule has 0 bridgehead atoms. The first-order valence-corrected chi connectivity index (χ1v) is 6.58. The van der Waals surface area contributed by atoms with E-state index in [1.54, 1.807) is 13.0 Å². The van der Waals surface area contributed by atoms with Crippen LogP contribution in [0.3, 0.4) is 0 Å². The molecule has 0 saturated heterocycles. The van der Waals surface area contributed by atoms with Gasteiger partial charge in [0, 0.05) is 12.7 Å². The molecule has 0 spiro atoms. The van der Waals surface area contributed by atoms with Gasteiger partial charge < -0.3 is 10.1 Å². The van der Waals surface area contributed by atoms with Crippen LogP contribution in [-0.4, -0.2) is 24.1 Å². The van der Waals surface area contributed by atoms with Crippen molar-refractivity contribution < 1.29 is 13.9 Å². The van der Waals surface area contributed by atoms with Gasteiger partial charge in [-0.05, 0) is 32.4 Å². The van der Waals surface area contributed by atoms with E-state index in [9.17, 15) is 9.18 Å². The number of carbonyl (C=O) groups is 1. The van der Waals surface area contributed by atoms with E-state index >= 15 is 0 Å². The lowest BCUT2D eigenvalue weighted by molar-refractivity contribution is 0.0527. The van der Waals surface area contributed by atoms with Gasteiger partial charge in [0.1, 0.15) is 11.4 Å². The van der Waals surface area contributed by atoms with Crippen molar-refractivity contribution in [3.63, 3.8) is 0 Å². The second-order valence-corrected chi connectivity index (χ2v) is 4.39. The Morgan fingerprint density at radius 2 is 2.15 bits per heavy atom. The number of esters is 1. The Hall–Kier alpha value is -2.17. The van der Waals surface area contributed by atoms with Crippen LogP contribution in [0.15, 0.2) is 18.3 Å². The van der Waals surface area contributed by atoms with Crippen LogP contribution in [0.25, 0.3) is 10.9 Å². The van der Waals surface area contributed by atoms with Crippen molar-refractivity contribution in [1.29, 1.82) is 0 Å². The van der Waals surface area contributed by atoms with Crippen molar-refractivity contribution in [1.82, 2.24) is 4.98 Å². The van der Waals surface area contributed by atoms with Crippen molar-refractivity contribution in [2.75, 3.05) is 18.5 Å². The quantitative estimate of drug-likeness (QED) is 0.871. The standard InChI is InChI=1S/C15H17FN2O2/c1-4-17-14-10(15(19)20-5-2)8-18-13-9(3)6-7-11(16)12(13)14/h6-8H,4-5H2,1-3H3,(H,17,18). The molecule has 2 rings (SSSR count). The molecule has 0 fully saturated rings. The number of nitrogens with one attached hydrogen (secondary N) is 1. The molecule has 0 aliphatic rings. The monoisotopic (exact) mass is 276 g/mol. The number of rotatable bonds is 4. The van der Waals surface area contributed by atoms with Crippen LogP contribution in [0, 0.1) is 12.7 Å². The first-order valence-electron chi connectivity index (χ1n) is 6.58. The summed E-state index contributed by atoms with van der Waals surface area (Å²) in [4.78, 5) is 16.2. The molecule has 106 valence electrons. The third kappa shape index (κ3) is 2.43. The maximum Gasteiger partial charge on any atom is 0.341 e. The average Bonchev–Trinajstić information content (AvgIpc) is 2.43. The molecule has 1 aromatic heterocycles. The summed E-state index contributed by atoms with van der Waals surface area (Å²) in [5.41, 5.74) is 2.10. The molecule has 0 amide bonds. The Balaban J connectivity index is 2.74. The van der Waals surface area contributed by atoms with Crippen LogP contribution in [0.4, 0.5) is 10.1 Å². The maximum atomic E-state index is 14.1. The van der Waals surface area contributed by atoms with E-state index in [1.807, 2.05) is 13.8 Å². The number of benzene rings is 1. The van der Waals surface area contributed by atoms with E-state index in [0.717, 1.165) is 5.56 Å². The van der Waals surface area contributed by atoms with Crippen LogP contribution in [0.2, 0.25) is 0 Å². The number of pyridine rings is 1. The Kier molecular flexibility index (Phi) is 4.17. The number of carbonyl (C=O) groups excluding carboxylic acids is 1. The second-order valence-electron chi connectivity index (χ2n) is 4.39. The normalized spacial score (nSPS) is 10.6. The fourth-order valence-corrected chi connectivity index (χ4v) is 2.13. The van der Waals surface area contributed by atoms with Crippen molar-refractivity contribution in [3.8, 4) is 0 Å². The summed E-state index contributed by atoms with van der Waals surface area (Å²) in [7, 11) is 0. The molecule has 0 radical (unpaired) electrons. The fraction of sp³-hybridized carbons (Fsp3) is 0.333. The lowest BCUT2D eigenvalue weighted by atomic mass is 10.1. The molecule has 1 N–H and O–H groups in total. The maximum absolute atomic E-state index is 14.1. The third-order valence-corrected chi connectivity index (χ3v) is 3.02. The van der Waals surface area contributed by atoms with Crippen LogP contribution < -0.4 is 5.32 Å². The fourth-order valence-electron chi connectivity index (χ4n) is 2.13. The largest absolute Gasteiger partial charge is 0.462 e. The third-order valence-electron chi connectivity index (χ3n) is 3.02. The van der Waals surface area contributed by atoms with Crippen LogP contribution in [0.5, 0.6) is 0 Å². The predicted octanol–water partition coefficient (Wildman–Crippen LogP) is 3.29. The van der Waals surface area contributed by atoms with Gasteiger partial charge in [0.2, 0.25) is 0 Å². The van der Waals surface area contributed by atoms with Crippen molar-refractivity contribution in [3.05, 3.63) is 35.3 Å². The minimum Gasteiger partial charge on any atom is -0.462 e. The minimum absolute atomic E-state index is 0.255. The van der Waals surface area contributed by atoms with Crippen LogP contribution in [-0.2, 0) is 4.74 Å². The molecule has 2 aromatic rings. The number of ether oxygens (including phenoxy) is 1. The molecular formula is C15H17FN2O2. The summed E-state index contributed by atoms with van der Waals surface area (Å²) < 4.78 is 19.1. The molecule has 5 heteroatoms. The highest BCUT2D eigenvalue weighted by Gasteiger charge is 2.19. The first kappa shape index (κ1) is 14.2. The number of aromatic nitrogens is 1. The molecular weight excluding hydrogens is 259 g/mol. The highest BCUT2D eigenvalue weighted by molar-refractivity contribution is 6.05. The Morgan fingerprint density at radius 1 is 1.40 bits per heavy atom. The topological polar surface area (TPSA) is 51.2 Å². The molecule has 20 heavy (non-hydrogen) atoms. The van der Waals surface area contributed by atoms with Crippen molar-refractivity contribution >= 4 is 22.6 Å². The smallest absolute Gasteiger partial charge is 0.341 e. The van der Waals surface area contributed by atoms with E-state index in [1.165, 1.54) is 12.3 Å². The van der Waals surface area contributed by atoms with Gasteiger partial charge in [0.05, 0.1) is 23.2 Å². The molecule has 0 aliphatic heterocycles. The molecule has 0 saturated carbocycles. The van der Waals surface area contributed by atoms with E-state index in [-0.39, 0.29) is 12.2 Å². The van der Waals surface area contributed by atoms with Crippen molar-refractivity contribution in [2.45, 2.75) is 20.8 Å². The minimum atomic E-state index is -0.501. The Morgan fingerprint density at radius 3 is 2.80 bits per heavy atom. The van der Waals surface area contributed by atoms with Crippen LogP contribution in [0.1, 0.15) is 29.8 Å².